The minimum Gasteiger partial charge on any atom is -0.481 e. The maximum atomic E-state index is 13.7. The molecule has 0 unspecified atom stereocenters. The average molecular weight is 738 g/mol. The predicted molar refractivity (Wildman–Crippen MR) is 209 cm³/mol. The van der Waals surface area contributed by atoms with Gasteiger partial charge in [-0.15, -0.1) is 0 Å². The number of carbonyl (C=O) groups excluding carboxylic acids is 4. The minimum absolute atomic E-state index is 0.00416. The molecule has 6 rings (SSSR count). The highest BCUT2D eigenvalue weighted by Crippen LogP contribution is 2.31. The number of rotatable bonds is 11. The third-order valence-electron chi connectivity index (χ3n) is 8.25. The lowest BCUT2D eigenvalue weighted by molar-refractivity contribution is 0.0398. The summed E-state index contributed by atoms with van der Waals surface area (Å²) in [5, 5.41) is 5.52. The Bertz CT molecular complexity index is 2380. The van der Waals surface area contributed by atoms with E-state index in [2.05, 4.69) is 25.6 Å². The van der Waals surface area contributed by atoms with Crippen LogP contribution in [0.2, 0.25) is 0 Å². The van der Waals surface area contributed by atoms with Crippen molar-refractivity contribution in [3.8, 4) is 17.0 Å². The van der Waals surface area contributed by atoms with Crippen molar-refractivity contribution in [3.63, 3.8) is 0 Å². The van der Waals surface area contributed by atoms with Gasteiger partial charge in [-0.2, -0.15) is 0 Å². The molecule has 0 atom stereocenters. The van der Waals surface area contributed by atoms with Crippen LogP contribution in [0.3, 0.4) is 0 Å². The van der Waals surface area contributed by atoms with E-state index in [4.69, 9.17) is 14.2 Å². The van der Waals surface area contributed by atoms with Crippen LogP contribution >= 0.6 is 0 Å². The Morgan fingerprint density at radius 3 is 2.22 bits per heavy atom. The summed E-state index contributed by atoms with van der Waals surface area (Å²) in [7, 11) is 1.49. The lowest BCUT2D eigenvalue weighted by Crippen LogP contribution is -2.32. The molecule has 0 saturated carbocycles. The van der Waals surface area contributed by atoms with Gasteiger partial charge in [0.1, 0.15) is 6.61 Å². The number of aromatic nitrogens is 3. The number of hydrogen-bond donors (Lipinski definition) is 3. The van der Waals surface area contributed by atoms with Crippen LogP contribution in [-0.2, 0) is 16.1 Å². The molecule has 0 fully saturated rings. The second-order valence-electron chi connectivity index (χ2n) is 13.7. The number of methoxy groups -OCH3 is 1. The molecule has 0 bridgehead atoms. The monoisotopic (exact) mass is 737 g/mol. The predicted octanol–water partition coefficient (Wildman–Crippen LogP) is 8.33. The summed E-state index contributed by atoms with van der Waals surface area (Å²) in [6.07, 6.45) is 2.92. The van der Waals surface area contributed by atoms with E-state index in [0.29, 0.717) is 40.3 Å². The van der Waals surface area contributed by atoms with Gasteiger partial charge >= 0.3 is 18.0 Å². The fraction of sp³-hybridized carbons (Fsp3) is 0.163. The SMILES string of the molecule is COc1ccc(-c2ccc(C(=O)NCC(C)(C)C)cc2C(=O)OC(=O)c2ccccc2)c(/C=C/c2ccc3nc(NC(=O)OCc4ccccc4)[nH]c3c2)n1. The van der Waals surface area contributed by atoms with Crippen molar-refractivity contribution >= 4 is 53.1 Å². The molecule has 55 heavy (non-hydrogen) atoms. The summed E-state index contributed by atoms with van der Waals surface area (Å²) >= 11 is 0. The zero-order valence-electron chi connectivity index (χ0n) is 30.7. The van der Waals surface area contributed by atoms with Crippen molar-refractivity contribution in [1.82, 2.24) is 20.3 Å². The Labute approximate surface area is 317 Å². The molecule has 0 aliphatic rings. The number of carbonyl (C=O) groups is 4. The Kier molecular flexibility index (Phi) is 11.5. The van der Waals surface area contributed by atoms with Crippen LogP contribution in [-0.4, -0.2) is 52.5 Å². The second kappa shape index (κ2) is 16.7. The van der Waals surface area contributed by atoms with E-state index in [-0.39, 0.29) is 40.6 Å². The van der Waals surface area contributed by atoms with Gasteiger partial charge in [-0.3, -0.25) is 10.1 Å². The number of nitrogens with one attached hydrogen (secondary N) is 3. The summed E-state index contributed by atoms with van der Waals surface area (Å²) in [5.74, 6) is -1.59. The molecule has 2 heterocycles. The van der Waals surface area contributed by atoms with E-state index >= 15 is 0 Å². The molecule has 2 amide bonds. The number of ether oxygens (including phenoxy) is 3. The maximum absolute atomic E-state index is 13.7. The highest BCUT2D eigenvalue weighted by molar-refractivity contribution is 6.08. The Morgan fingerprint density at radius 1 is 0.764 bits per heavy atom. The van der Waals surface area contributed by atoms with Gasteiger partial charge in [0, 0.05) is 23.7 Å². The van der Waals surface area contributed by atoms with E-state index < -0.39 is 18.0 Å². The van der Waals surface area contributed by atoms with Crippen molar-refractivity contribution in [2.75, 3.05) is 19.0 Å². The quantitative estimate of drug-likeness (QED) is 0.0877. The first-order chi connectivity index (χ1) is 26.5. The van der Waals surface area contributed by atoms with E-state index in [9.17, 15) is 19.2 Å². The molecular formula is C43H39N5O7. The van der Waals surface area contributed by atoms with E-state index in [1.165, 1.54) is 13.2 Å². The van der Waals surface area contributed by atoms with Crippen LogP contribution in [0.25, 0.3) is 34.3 Å². The molecule has 3 N–H and O–H groups in total. The van der Waals surface area contributed by atoms with Crippen molar-refractivity contribution in [1.29, 1.82) is 0 Å². The van der Waals surface area contributed by atoms with Gasteiger partial charge in [0.2, 0.25) is 11.8 Å². The third kappa shape index (κ3) is 9.87. The first-order valence-corrected chi connectivity index (χ1v) is 17.4. The van der Waals surface area contributed by atoms with E-state index in [0.717, 1.165) is 11.1 Å². The van der Waals surface area contributed by atoms with Crippen molar-refractivity contribution in [3.05, 3.63) is 143 Å². The van der Waals surface area contributed by atoms with Crippen molar-refractivity contribution in [2.45, 2.75) is 27.4 Å². The van der Waals surface area contributed by atoms with Crippen LogP contribution < -0.4 is 15.4 Å². The van der Waals surface area contributed by atoms with Gasteiger partial charge in [-0.05, 0) is 70.6 Å². The van der Waals surface area contributed by atoms with E-state index in [1.807, 2.05) is 69.3 Å². The lowest BCUT2D eigenvalue weighted by atomic mass is 9.94. The largest absolute Gasteiger partial charge is 0.481 e. The van der Waals surface area contributed by atoms with Crippen LogP contribution in [0.5, 0.6) is 5.88 Å². The number of pyridine rings is 1. The number of fused-ring (bicyclic) bond motifs is 1. The molecule has 0 spiro atoms. The van der Waals surface area contributed by atoms with Gasteiger partial charge in [0.15, 0.2) is 0 Å². The number of imidazole rings is 1. The number of H-pyrrole nitrogens is 1. The fourth-order valence-electron chi connectivity index (χ4n) is 5.45. The molecule has 12 heteroatoms. The number of aromatic amines is 1. The molecular weight excluding hydrogens is 699 g/mol. The Hall–Kier alpha value is -7.08. The van der Waals surface area contributed by atoms with Crippen LogP contribution in [0.1, 0.15) is 68.7 Å². The van der Waals surface area contributed by atoms with E-state index in [1.54, 1.807) is 66.7 Å². The topological polar surface area (TPSA) is 162 Å². The first-order valence-electron chi connectivity index (χ1n) is 17.4. The number of esters is 2. The summed E-state index contributed by atoms with van der Waals surface area (Å²) in [4.78, 5) is 64.5. The fourth-order valence-corrected chi connectivity index (χ4v) is 5.45. The number of benzene rings is 4. The standard InChI is InChI=1S/C43H39N5O7/c1-43(2,3)26-44-38(49)30-17-18-31(33(24-30)40(51)55-39(50)29-13-9-6-10-14-29)32-19-22-37(53-4)45-34(32)20-15-27-16-21-35-36(23-27)47-41(46-35)48-42(52)54-25-28-11-7-5-8-12-28/h5-24H,25-26H2,1-4H3,(H,44,49)(H2,46,47,48,52)/b20-15+. The first kappa shape index (κ1) is 37.7. The normalized spacial score (nSPS) is 11.3. The van der Waals surface area contributed by atoms with Crippen molar-refractivity contribution in [2.24, 2.45) is 5.41 Å². The van der Waals surface area contributed by atoms with Crippen molar-refractivity contribution < 1.29 is 33.4 Å². The van der Waals surface area contributed by atoms with Gasteiger partial charge in [-0.25, -0.2) is 24.4 Å². The molecule has 2 aromatic heterocycles. The highest BCUT2D eigenvalue weighted by Gasteiger charge is 2.23. The molecule has 278 valence electrons. The number of nitrogens with zero attached hydrogens (tertiary/aromatic N) is 2. The summed E-state index contributed by atoms with van der Waals surface area (Å²) in [6, 6.07) is 31.0. The van der Waals surface area contributed by atoms with Crippen LogP contribution in [0.15, 0.2) is 109 Å². The van der Waals surface area contributed by atoms with Gasteiger partial charge in [-0.1, -0.05) is 87.5 Å². The number of anilines is 1. The molecule has 0 radical (unpaired) electrons. The number of amides is 2. The average Bonchev–Trinajstić information content (AvgIpc) is 3.59. The zero-order chi connectivity index (χ0) is 39.0. The third-order valence-corrected chi connectivity index (χ3v) is 8.25. The summed E-state index contributed by atoms with van der Waals surface area (Å²) in [6.45, 7) is 6.51. The minimum atomic E-state index is -0.932. The second-order valence-corrected chi connectivity index (χ2v) is 13.7. The smallest absolute Gasteiger partial charge is 0.414 e. The van der Waals surface area contributed by atoms with Gasteiger partial charge in [0.25, 0.3) is 5.91 Å². The Balaban J connectivity index is 1.29. The Morgan fingerprint density at radius 2 is 1.49 bits per heavy atom. The molecule has 12 nitrogen and oxygen atoms in total. The highest BCUT2D eigenvalue weighted by atomic mass is 16.6. The molecule has 0 saturated heterocycles. The van der Waals surface area contributed by atoms with Gasteiger partial charge < -0.3 is 24.5 Å². The number of hydrogen-bond acceptors (Lipinski definition) is 9. The van der Waals surface area contributed by atoms with Crippen LogP contribution in [0.4, 0.5) is 10.7 Å². The zero-order valence-corrected chi connectivity index (χ0v) is 30.7. The molecule has 4 aromatic carbocycles. The van der Waals surface area contributed by atoms with Gasteiger partial charge in [0.05, 0.1) is 35.0 Å². The van der Waals surface area contributed by atoms with Crippen LogP contribution in [0, 0.1) is 5.41 Å². The molecule has 0 aliphatic heterocycles. The summed E-state index contributed by atoms with van der Waals surface area (Å²) < 4.78 is 16.1. The molecule has 6 aromatic rings. The lowest BCUT2D eigenvalue weighted by Gasteiger charge is -2.19. The maximum Gasteiger partial charge on any atom is 0.414 e. The summed E-state index contributed by atoms with van der Waals surface area (Å²) in [5.41, 5.74) is 4.48. The molecule has 0 aliphatic carbocycles.